The Bertz CT molecular complexity index is 936. The van der Waals surface area contributed by atoms with Crippen LogP contribution in [-0.4, -0.2) is 44.2 Å². The Balaban J connectivity index is 1.76. The fraction of sp³-hybridized carbons (Fsp3) is 0.450. The summed E-state index contributed by atoms with van der Waals surface area (Å²) in [5.74, 6) is 0.653. The lowest BCUT2D eigenvalue weighted by Gasteiger charge is -2.16. The summed E-state index contributed by atoms with van der Waals surface area (Å²) >= 11 is 1.45. The van der Waals surface area contributed by atoms with E-state index in [0.29, 0.717) is 13.2 Å². The zero-order valence-corrected chi connectivity index (χ0v) is 17.6. The maximum atomic E-state index is 12.8. The molecule has 0 aliphatic carbocycles. The highest BCUT2D eigenvalue weighted by Gasteiger charge is 2.21. The van der Waals surface area contributed by atoms with Crippen LogP contribution in [0.25, 0.3) is 11.0 Å². The van der Waals surface area contributed by atoms with Gasteiger partial charge in [0.05, 0.1) is 35.1 Å². The maximum absolute atomic E-state index is 12.8. The molecule has 2 heterocycles. The Hall–Kier alpha value is -2.32. The summed E-state index contributed by atoms with van der Waals surface area (Å²) in [5, 5.41) is 7.83. The van der Waals surface area contributed by atoms with E-state index in [4.69, 9.17) is 9.72 Å². The molecule has 1 N–H and O–H groups in total. The van der Waals surface area contributed by atoms with Crippen LogP contribution in [0.5, 0.6) is 0 Å². The molecular formula is C20H27N5O2S. The molecule has 0 unspecified atom stereocenters. The van der Waals surface area contributed by atoms with Gasteiger partial charge in [0.15, 0.2) is 5.16 Å². The van der Waals surface area contributed by atoms with Crippen LogP contribution in [0.1, 0.15) is 33.2 Å². The number of anilines is 1. The fourth-order valence-corrected chi connectivity index (χ4v) is 3.87. The molecule has 2 atom stereocenters. The van der Waals surface area contributed by atoms with Crippen molar-refractivity contribution in [1.29, 1.82) is 0 Å². The number of methoxy groups -OCH3 is 1. The third-order valence-corrected chi connectivity index (χ3v) is 5.81. The molecule has 150 valence electrons. The van der Waals surface area contributed by atoms with Crippen molar-refractivity contribution in [2.75, 3.05) is 19.0 Å². The number of carbonyl (C=O) groups excluding carboxylic acids is 1. The van der Waals surface area contributed by atoms with Crippen molar-refractivity contribution in [1.82, 2.24) is 19.3 Å². The maximum Gasteiger partial charge on any atom is 0.238 e. The van der Waals surface area contributed by atoms with Crippen molar-refractivity contribution in [3.8, 4) is 0 Å². The van der Waals surface area contributed by atoms with Gasteiger partial charge in [-0.25, -0.2) is 9.67 Å². The van der Waals surface area contributed by atoms with E-state index in [1.165, 1.54) is 11.8 Å². The monoisotopic (exact) mass is 401 g/mol. The van der Waals surface area contributed by atoms with Crippen LogP contribution in [0.3, 0.4) is 0 Å². The summed E-state index contributed by atoms with van der Waals surface area (Å²) in [6.45, 7) is 7.35. The summed E-state index contributed by atoms with van der Waals surface area (Å²) in [6.07, 6.45) is 2.65. The zero-order valence-electron chi connectivity index (χ0n) is 16.8. The van der Waals surface area contributed by atoms with Gasteiger partial charge in [-0.2, -0.15) is 5.10 Å². The van der Waals surface area contributed by atoms with E-state index in [0.717, 1.165) is 28.4 Å². The lowest BCUT2D eigenvalue weighted by molar-refractivity contribution is -0.115. The van der Waals surface area contributed by atoms with Crippen molar-refractivity contribution in [3.63, 3.8) is 0 Å². The average molecular weight is 402 g/mol. The molecule has 0 saturated carbocycles. The van der Waals surface area contributed by atoms with Gasteiger partial charge in [0, 0.05) is 19.7 Å². The SMILES string of the molecule is CC[C@H](C)n1nccc1NC(=O)[C@@H](C)Sc1nc2ccccc2n1CCOC. The number of para-hydroxylation sites is 2. The van der Waals surface area contributed by atoms with Crippen LogP contribution in [0, 0.1) is 0 Å². The average Bonchev–Trinajstić information content (AvgIpc) is 3.29. The standard InChI is InChI=1S/C20H27N5O2S/c1-5-14(2)25-18(10-11-21-25)23-19(26)15(3)28-20-22-16-8-6-7-9-17(16)24(20)12-13-27-4/h6-11,14-15H,5,12-13H2,1-4H3,(H,23,26)/t14-,15+/m0/s1. The molecule has 3 aromatic rings. The summed E-state index contributed by atoms with van der Waals surface area (Å²) < 4.78 is 9.20. The van der Waals surface area contributed by atoms with E-state index >= 15 is 0 Å². The van der Waals surface area contributed by atoms with Gasteiger partial charge in [0.25, 0.3) is 0 Å². The van der Waals surface area contributed by atoms with E-state index < -0.39 is 0 Å². The number of carbonyl (C=O) groups is 1. The molecule has 0 radical (unpaired) electrons. The number of nitrogens with zero attached hydrogens (tertiary/aromatic N) is 4. The first-order valence-electron chi connectivity index (χ1n) is 9.50. The Morgan fingerprint density at radius 3 is 2.82 bits per heavy atom. The Labute approximate surface area is 169 Å². The molecule has 0 fully saturated rings. The van der Waals surface area contributed by atoms with Crippen LogP contribution in [0.2, 0.25) is 0 Å². The van der Waals surface area contributed by atoms with Crippen molar-refractivity contribution in [2.24, 2.45) is 0 Å². The van der Waals surface area contributed by atoms with Gasteiger partial charge in [-0.3, -0.25) is 4.79 Å². The number of hydrogen-bond donors (Lipinski definition) is 1. The molecule has 0 saturated heterocycles. The van der Waals surface area contributed by atoms with E-state index in [2.05, 4.69) is 28.8 Å². The van der Waals surface area contributed by atoms with E-state index in [-0.39, 0.29) is 17.2 Å². The van der Waals surface area contributed by atoms with Crippen LogP contribution in [0.4, 0.5) is 5.82 Å². The molecule has 0 aliphatic heterocycles. The topological polar surface area (TPSA) is 74.0 Å². The van der Waals surface area contributed by atoms with Crippen LogP contribution >= 0.6 is 11.8 Å². The fourth-order valence-electron chi connectivity index (χ4n) is 2.92. The largest absolute Gasteiger partial charge is 0.383 e. The predicted octanol–water partition coefficient (Wildman–Crippen LogP) is 3.97. The number of fused-ring (bicyclic) bond motifs is 1. The minimum absolute atomic E-state index is 0.0691. The van der Waals surface area contributed by atoms with Gasteiger partial charge in [-0.05, 0) is 32.4 Å². The smallest absolute Gasteiger partial charge is 0.238 e. The van der Waals surface area contributed by atoms with E-state index in [1.54, 1.807) is 13.3 Å². The molecule has 0 aliphatic rings. The molecule has 7 nitrogen and oxygen atoms in total. The number of rotatable bonds is 9. The minimum atomic E-state index is -0.307. The highest BCUT2D eigenvalue weighted by Crippen LogP contribution is 2.28. The third kappa shape index (κ3) is 4.39. The highest BCUT2D eigenvalue weighted by atomic mass is 32.2. The molecule has 8 heteroatoms. The third-order valence-electron chi connectivity index (χ3n) is 4.72. The molecule has 2 aromatic heterocycles. The number of imidazole rings is 1. The van der Waals surface area contributed by atoms with Gasteiger partial charge in [0.2, 0.25) is 5.91 Å². The molecule has 1 amide bonds. The van der Waals surface area contributed by atoms with E-state index in [1.807, 2.05) is 41.9 Å². The van der Waals surface area contributed by atoms with Crippen LogP contribution < -0.4 is 5.32 Å². The second-order valence-corrected chi connectivity index (χ2v) is 8.00. The van der Waals surface area contributed by atoms with E-state index in [9.17, 15) is 4.79 Å². The molecule has 0 spiro atoms. The number of ether oxygens (including phenoxy) is 1. The second kappa shape index (κ2) is 9.25. The van der Waals surface area contributed by atoms with Crippen LogP contribution in [0.15, 0.2) is 41.7 Å². The van der Waals surface area contributed by atoms with Crippen molar-refractivity contribution in [2.45, 2.75) is 50.2 Å². The van der Waals surface area contributed by atoms with Gasteiger partial charge in [-0.1, -0.05) is 30.8 Å². The highest BCUT2D eigenvalue weighted by molar-refractivity contribution is 8.00. The molecule has 3 rings (SSSR count). The molecular weight excluding hydrogens is 374 g/mol. The first kappa shape index (κ1) is 20.4. The van der Waals surface area contributed by atoms with Crippen molar-refractivity contribution < 1.29 is 9.53 Å². The normalized spacial score (nSPS) is 13.6. The Morgan fingerprint density at radius 2 is 2.07 bits per heavy atom. The summed E-state index contributed by atoms with van der Waals surface area (Å²) in [4.78, 5) is 17.5. The second-order valence-electron chi connectivity index (χ2n) is 6.70. The number of nitrogens with one attached hydrogen (secondary N) is 1. The van der Waals surface area contributed by atoms with Crippen molar-refractivity contribution in [3.05, 3.63) is 36.5 Å². The quantitative estimate of drug-likeness (QED) is 0.549. The van der Waals surface area contributed by atoms with Gasteiger partial charge >= 0.3 is 0 Å². The Kier molecular flexibility index (Phi) is 6.74. The number of aromatic nitrogens is 4. The number of benzene rings is 1. The number of amides is 1. The molecule has 0 bridgehead atoms. The lowest BCUT2D eigenvalue weighted by atomic mass is 10.3. The van der Waals surface area contributed by atoms with Gasteiger partial charge in [0.1, 0.15) is 5.82 Å². The summed E-state index contributed by atoms with van der Waals surface area (Å²) in [7, 11) is 1.68. The molecule has 1 aromatic carbocycles. The number of hydrogen-bond acceptors (Lipinski definition) is 5. The first-order valence-corrected chi connectivity index (χ1v) is 10.4. The van der Waals surface area contributed by atoms with Gasteiger partial charge < -0.3 is 14.6 Å². The minimum Gasteiger partial charge on any atom is -0.383 e. The predicted molar refractivity (Wildman–Crippen MR) is 113 cm³/mol. The first-order chi connectivity index (χ1) is 13.5. The summed E-state index contributed by atoms with van der Waals surface area (Å²) in [5.41, 5.74) is 1.97. The summed E-state index contributed by atoms with van der Waals surface area (Å²) in [6, 6.07) is 10.0. The zero-order chi connectivity index (χ0) is 20.1. The molecule has 28 heavy (non-hydrogen) atoms. The number of thioether (sulfide) groups is 1. The lowest BCUT2D eigenvalue weighted by Crippen LogP contribution is -2.25. The van der Waals surface area contributed by atoms with Gasteiger partial charge in [-0.15, -0.1) is 0 Å². The van der Waals surface area contributed by atoms with Crippen LogP contribution in [-0.2, 0) is 16.1 Å². The Morgan fingerprint density at radius 1 is 1.29 bits per heavy atom. The van der Waals surface area contributed by atoms with Crippen molar-refractivity contribution >= 4 is 34.5 Å².